The first kappa shape index (κ1) is 24.2. The number of carbonyl (C=O) groups excluding carboxylic acids is 1. The van der Waals surface area contributed by atoms with Crippen LogP contribution in [0, 0.1) is 11.8 Å². The highest BCUT2D eigenvalue weighted by atomic mass is 35.5. The lowest BCUT2D eigenvalue weighted by molar-refractivity contribution is -0.869. The van der Waals surface area contributed by atoms with Gasteiger partial charge in [-0.2, -0.15) is 5.01 Å². The summed E-state index contributed by atoms with van der Waals surface area (Å²) in [6, 6.07) is 5.28. The molecule has 1 aromatic rings. The minimum absolute atomic E-state index is 0.126. The van der Waals surface area contributed by atoms with E-state index in [2.05, 4.69) is 10.6 Å². The molecule has 2 amide bonds. The molecule has 0 aliphatic rings. The molecule has 11 heteroatoms. The zero-order valence-corrected chi connectivity index (χ0v) is 16.9. The van der Waals surface area contributed by atoms with Crippen molar-refractivity contribution in [2.24, 2.45) is 5.29 Å². The number of halogens is 1. The standard InChI is InChI=1S/C8H17ClN4O2.C7H8O3S/c1-13(2,3)7-5-10-8(14)12(11-15)6-4-9;1-6-2-4-7(5-3-6)11(8,9)10/h4-7H2,1-3H3;2-5H,1H3,(H,8,9,10). The van der Waals surface area contributed by atoms with Crippen LogP contribution in [0.25, 0.3) is 0 Å². The van der Waals surface area contributed by atoms with E-state index in [1.807, 2.05) is 28.1 Å². The lowest BCUT2D eigenvalue weighted by Gasteiger charge is -2.24. The Morgan fingerprint density at radius 2 is 1.81 bits per heavy atom. The van der Waals surface area contributed by atoms with Crippen molar-refractivity contribution in [2.45, 2.75) is 11.8 Å². The van der Waals surface area contributed by atoms with E-state index in [0.29, 0.717) is 6.54 Å². The van der Waals surface area contributed by atoms with Crippen molar-refractivity contribution in [2.75, 3.05) is 46.7 Å². The van der Waals surface area contributed by atoms with E-state index in [9.17, 15) is 22.7 Å². The van der Waals surface area contributed by atoms with Gasteiger partial charge < -0.3 is 14.4 Å². The maximum Gasteiger partial charge on any atom is 0.340 e. The molecule has 0 spiro atoms. The Kier molecular flexibility index (Phi) is 10.3. The van der Waals surface area contributed by atoms with Gasteiger partial charge in [-0.3, -0.25) is 0 Å². The van der Waals surface area contributed by atoms with Gasteiger partial charge in [-0.15, -0.1) is 16.5 Å². The van der Waals surface area contributed by atoms with Gasteiger partial charge in [0.15, 0.2) is 0 Å². The molecule has 0 aliphatic heterocycles. The number of likely N-dealkylation sites (N-methyl/N-ethyl adjacent to an activating group) is 1. The van der Waals surface area contributed by atoms with Gasteiger partial charge >= 0.3 is 6.03 Å². The average molecular weight is 409 g/mol. The highest BCUT2D eigenvalue weighted by molar-refractivity contribution is 7.85. The van der Waals surface area contributed by atoms with Crippen LogP contribution in [-0.4, -0.2) is 75.2 Å². The number of hydrogen-bond donors (Lipinski definition) is 1. The Labute approximate surface area is 159 Å². The molecule has 1 aromatic carbocycles. The van der Waals surface area contributed by atoms with Crippen LogP contribution in [0.4, 0.5) is 4.79 Å². The molecule has 0 unspecified atom stereocenters. The third-order valence-electron chi connectivity index (χ3n) is 3.00. The highest BCUT2D eigenvalue weighted by Crippen LogP contribution is 2.08. The van der Waals surface area contributed by atoms with Gasteiger partial charge in [-0.25, -0.2) is 13.2 Å². The minimum Gasteiger partial charge on any atom is -0.744 e. The summed E-state index contributed by atoms with van der Waals surface area (Å²) >= 11 is 5.40. The third kappa shape index (κ3) is 11.0. The van der Waals surface area contributed by atoms with Crippen molar-refractivity contribution < 1.29 is 22.2 Å². The molecule has 0 radical (unpaired) electrons. The van der Waals surface area contributed by atoms with E-state index < -0.39 is 16.1 Å². The van der Waals surface area contributed by atoms with Gasteiger partial charge in [0.2, 0.25) is 0 Å². The molecule has 0 aromatic heterocycles. The first-order chi connectivity index (χ1) is 11.9. The van der Waals surface area contributed by atoms with Crippen molar-refractivity contribution in [1.82, 2.24) is 10.3 Å². The fraction of sp³-hybridized carbons (Fsp3) is 0.533. The number of nitrogens with zero attached hydrogens (tertiary/aromatic N) is 3. The molecule has 26 heavy (non-hydrogen) atoms. The van der Waals surface area contributed by atoms with Crippen LogP contribution in [0.3, 0.4) is 0 Å². The zero-order chi connectivity index (χ0) is 20.4. The molecule has 1 N–H and O–H groups in total. The molecule has 0 bridgehead atoms. The summed E-state index contributed by atoms with van der Waals surface area (Å²) in [6.07, 6.45) is 0. The molecular formula is C15H25ClN4O5S. The Morgan fingerprint density at radius 3 is 2.19 bits per heavy atom. The summed E-state index contributed by atoms with van der Waals surface area (Å²) in [4.78, 5) is 21.4. The van der Waals surface area contributed by atoms with Crippen molar-refractivity contribution in [3.05, 3.63) is 34.7 Å². The van der Waals surface area contributed by atoms with Crippen LogP contribution in [0.15, 0.2) is 34.4 Å². The fourth-order valence-electron chi connectivity index (χ4n) is 1.55. The van der Waals surface area contributed by atoms with Crippen LogP contribution in [0.2, 0.25) is 0 Å². The van der Waals surface area contributed by atoms with E-state index in [-0.39, 0.29) is 17.3 Å². The number of nitroso groups, excluding NO2 is 1. The molecule has 9 nitrogen and oxygen atoms in total. The zero-order valence-electron chi connectivity index (χ0n) is 15.3. The summed E-state index contributed by atoms with van der Waals surface area (Å²) in [5, 5.41) is 5.95. The first-order valence-corrected chi connectivity index (χ1v) is 9.62. The average Bonchev–Trinajstić information content (AvgIpc) is 2.51. The summed E-state index contributed by atoms with van der Waals surface area (Å²) in [6.45, 7) is 3.22. The van der Waals surface area contributed by atoms with Crippen molar-refractivity contribution in [3.63, 3.8) is 0 Å². The van der Waals surface area contributed by atoms with Gasteiger partial charge in [0, 0.05) is 5.88 Å². The predicted octanol–water partition coefficient (Wildman–Crippen LogP) is 1.52. The second-order valence-corrected chi connectivity index (χ2v) is 8.16. The van der Waals surface area contributed by atoms with E-state index in [1.54, 1.807) is 12.1 Å². The predicted molar refractivity (Wildman–Crippen MR) is 98.7 cm³/mol. The maximum absolute atomic E-state index is 11.3. The molecule has 0 saturated heterocycles. The van der Waals surface area contributed by atoms with Crippen molar-refractivity contribution in [1.29, 1.82) is 0 Å². The van der Waals surface area contributed by atoms with E-state index in [4.69, 9.17) is 11.6 Å². The van der Waals surface area contributed by atoms with Crippen LogP contribution in [0.5, 0.6) is 0 Å². The second-order valence-electron chi connectivity index (χ2n) is 6.41. The smallest absolute Gasteiger partial charge is 0.340 e. The van der Waals surface area contributed by atoms with Gasteiger partial charge in [0.25, 0.3) is 0 Å². The molecule has 0 aliphatic carbocycles. The van der Waals surface area contributed by atoms with Gasteiger partial charge in [0.05, 0.1) is 51.0 Å². The largest absolute Gasteiger partial charge is 0.744 e. The molecular weight excluding hydrogens is 384 g/mol. The number of alkyl halides is 1. The summed E-state index contributed by atoms with van der Waals surface area (Å²) in [7, 11) is 1.77. The number of amides is 2. The molecule has 0 saturated carbocycles. The number of nitrogens with one attached hydrogen (secondary N) is 1. The second kappa shape index (κ2) is 11.1. The van der Waals surface area contributed by atoms with Crippen LogP contribution < -0.4 is 5.32 Å². The van der Waals surface area contributed by atoms with Crippen LogP contribution in [0.1, 0.15) is 5.56 Å². The van der Waals surface area contributed by atoms with Crippen LogP contribution in [-0.2, 0) is 10.1 Å². The number of benzene rings is 1. The minimum atomic E-state index is -4.27. The molecule has 0 fully saturated rings. The van der Waals surface area contributed by atoms with Gasteiger partial charge in [-0.05, 0) is 19.1 Å². The Morgan fingerprint density at radius 1 is 1.27 bits per heavy atom. The Bertz CT molecular complexity index is 674. The number of urea groups is 1. The lowest BCUT2D eigenvalue weighted by atomic mass is 10.2. The van der Waals surface area contributed by atoms with E-state index in [0.717, 1.165) is 21.6 Å². The summed E-state index contributed by atoms with van der Waals surface area (Å²) in [5.74, 6) is 0.189. The Hall–Kier alpha value is -1.75. The van der Waals surface area contributed by atoms with Gasteiger partial charge in [0.1, 0.15) is 10.1 Å². The molecule has 148 valence electrons. The monoisotopic (exact) mass is 408 g/mol. The number of aryl methyl sites for hydroxylation is 1. The summed E-state index contributed by atoms with van der Waals surface area (Å²) < 4.78 is 31.9. The van der Waals surface area contributed by atoms with E-state index >= 15 is 0 Å². The number of quaternary nitrogens is 1. The highest BCUT2D eigenvalue weighted by Gasteiger charge is 2.14. The Balaban J connectivity index is 0.000000502. The van der Waals surface area contributed by atoms with Crippen molar-refractivity contribution >= 4 is 27.8 Å². The SMILES string of the molecule is C[N+](C)(C)CCNC(=O)N(CCCl)N=O.Cc1ccc(S(=O)(=O)[O-])cc1. The first-order valence-electron chi connectivity index (χ1n) is 7.68. The quantitative estimate of drug-likeness (QED) is 0.241. The topological polar surface area (TPSA) is 119 Å². The number of rotatable bonds is 7. The third-order valence-corrected chi connectivity index (χ3v) is 4.02. The van der Waals surface area contributed by atoms with E-state index in [1.165, 1.54) is 12.1 Å². The molecule has 1 rings (SSSR count). The number of hydrogen-bond acceptors (Lipinski definition) is 6. The normalized spacial score (nSPS) is 11.2. The summed E-state index contributed by atoms with van der Waals surface area (Å²) in [5.41, 5.74) is 0.928. The molecule has 0 atom stereocenters. The van der Waals surface area contributed by atoms with Crippen molar-refractivity contribution in [3.8, 4) is 0 Å². The van der Waals surface area contributed by atoms with Crippen LogP contribution >= 0.6 is 11.6 Å². The maximum atomic E-state index is 11.3. The number of carbonyl (C=O) groups is 1. The molecule has 0 heterocycles. The lowest BCUT2D eigenvalue weighted by Crippen LogP contribution is -2.45. The van der Waals surface area contributed by atoms with Gasteiger partial charge in [-0.1, -0.05) is 17.7 Å². The fourth-order valence-corrected chi connectivity index (χ4v) is 2.18.